The number of pyridine rings is 1. The van der Waals surface area contributed by atoms with Crippen LogP contribution in [0.4, 0.5) is 4.39 Å². The van der Waals surface area contributed by atoms with Crippen LogP contribution in [-0.4, -0.2) is 20.5 Å². The zero-order chi connectivity index (χ0) is 12.2. The van der Waals surface area contributed by atoms with Gasteiger partial charge in [-0.05, 0) is 25.8 Å². The molecule has 0 spiro atoms. The second-order valence-corrected chi connectivity index (χ2v) is 4.53. The van der Waals surface area contributed by atoms with E-state index in [1.165, 1.54) is 12.3 Å². The van der Waals surface area contributed by atoms with E-state index in [2.05, 4.69) is 4.98 Å². The number of carbonyl (C=O) groups is 1. The first-order valence-electron chi connectivity index (χ1n) is 5.42. The molecule has 0 radical (unpaired) electrons. The number of carboxylic acid groups (broad SMARTS) is 1. The minimum absolute atomic E-state index is 0.0915. The Morgan fingerprint density at radius 1 is 1.53 bits per heavy atom. The van der Waals surface area contributed by atoms with Crippen LogP contribution in [0.15, 0.2) is 18.5 Å². The number of fused-ring (bicyclic) bond motifs is 1. The standard InChI is InChI=1S/C12H11FN2O2/c1-7-5-15-6-8(11(16)17)4-9(10(15)14-7)12(13)2-3-12/h4-6H,2-3H2,1H3,(H,16,17). The van der Waals surface area contributed by atoms with Gasteiger partial charge in [-0.2, -0.15) is 0 Å². The number of alkyl halides is 1. The lowest BCUT2D eigenvalue weighted by Crippen LogP contribution is -2.07. The summed E-state index contributed by atoms with van der Waals surface area (Å²) in [5, 5.41) is 9.01. The third-order valence-corrected chi connectivity index (χ3v) is 3.09. The molecule has 0 aliphatic heterocycles. The summed E-state index contributed by atoms with van der Waals surface area (Å²) in [5.74, 6) is -1.05. The van der Waals surface area contributed by atoms with Crippen LogP contribution >= 0.6 is 0 Å². The molecule has 2 heterocycles. The molecule has 0 atom stereocenters. The topological polar surface area (TPSA) is 54.6 Å². The number of hydrogen-bond donors (Lipinski definition) is 1. The van der Waals surface area contributed by atoms with Crippen molar-refractivity contribution < 1.29 is 14.3 Å². The molecule has 17 heavy (non-hydrogen) atoms. The first-order valence-corrected chi connectivity index (χ1v) is 5.42. The molecule has 2 aromatic heterocycles. The Morgan fingerprint density at radius 2 is 2.24 bits per heavy atom. The lowest BCUT2D eigenvalue weighted by atomic mass is 10.1. The highest BCUT2D eigenvalue weighted by molar-refractivity contribution is 5.88. The van der Waals surface area contributed by atoms with Crippen molar-refractivity contribution in [2.24, 2.45) is 0 Å². The molecule has 0 bridgehead atoms. The van der Waals surface area contributed by atoms with Gasteiger partial charge in [0.2, 0.25) is 0 Å². The molecule has 1 fully saturated rings. The Kier molecular flexibility index (Phi) is 1.85. The number of aryl methyl sites for hydroxylation is 1. The first kappa shape index (κ1) is 10.3. The van der Waals surface area contributed by atoms with Crippen LogP contribution in [0, 0.1) is 6.92 Å². The number of aromatic carboxylic acids is 1. The zero-order valence-corrected chi connectivity index (χ0v) is 9.27. The SMILES string of the molecule is Cc1cn2cc(C(=O)O)cc(C3(F)CC3)c2n1. The molecule has 1 aliphatic rings. The molecule has 1 N–H and O–H groups in total. The summed E-state index contributed by atoms with van der Waals surface area (Å²) in [4.78, 5) is 15.2. The Bertz CT molecular complexity index is 629. The molecular weight excluding hydrogens is 223 g/mol. The highest BCUT2D eigenvalue weighted by Crippen LogP contribution is 2.50. The molecule has 5 heteroatoms. The highest BCUT2D eigenvalue weighted by atomic mass is 19.1. The third-order valence-electron chi connectivity index (χ3n) is 3.09. The van der Waals surface area contributed by atoms with E-state index in [0.717, 1.165) is 5.69 Å². The van der Waals surface area contributed by atoms with E-state index in [1.807, 2.05) is 0 Å². The van der Waals surface area contributed by atoms with Gasteiger partial charge in [-0.25, -0.2) is 14.2 Å². The molecule has 0 unspecified atom stereocenters. The monoisotopic (exact) mass is 234 g/mol. The van der Waals surface area contributed by atoms with Gasteiger partial charge in [-0.1, -0.05) is 0 Å². The average molecular weight is 234 g/mol. The Labute approximate surface area is 96.7 Å². The minimum atomic E-state index is -1.38. The number of nitrogens with zero attached hydrogens (tertiary/aromatic N) is 2. The van der Waals surface area contributed by atoms with Crippen LogP contribution in [-0.2, 0) is 5.67 Å². The second-order valence-electron chi connectivity index (χ2n) is 4.53. The van der Waals surface area contributed by atoms with Crippen LogP contribution in [0.3, 0.4) is 0 Å². The number of imidazole rings is 1. The number of halogens is 1. The van der Waals surface area contributed by atoms with E-state index in [1.54, 1.807) is 17.5 Å². The van der Waals surface area contributed by atoms with E-state index in [9.17, 15) is 9.18 Å². The molecular formula is C12H11FN2O2. The summed E-state index contributed by atoms with van der Waals surface area (Å²) in [6.45, 7) is 1.80. The first-order chi connectivity index (χ1) is 7.99. The number of aromatic nitrogens is 2. The summed E-state index contributed by atoms with van der Waals surface area (Å²) in [7, 11) is 0. The van der Waals surface area contributed by atoms with Crippen molar-refractivity contribution in [3.63, 3.8) is 0 Å². The van der Waals surface area contributed by atoms with Crippen molar-refractivity contribution in [3.8, 4) is 0 Å². The number of rotatable bonds is 2. The summed E-state index contributed by atoms with van der Waals surface area (Å²) >= 11 is 0. The van der Waals surface area contributed by atoms with Crippen LogP contribution in [0.25, 0.3) is 5.65 Å². The maximum Gasteiger partial charge on any atom is 0.337 e. The van der Waals surface area contributed by atoms with Gasteiger partial charge in [-0.15, -0.1) is 0 Å². The van der Waals surface area contributed by atoms with E-state index >= 15 is 0 Å². The van der Waals surface area contributed by atoms with Gasteiger partial charge < -0.3 is 9.51 Å². The van der Waals surface area contributed by atoms with Crippen molar-refractivity contribution in [3.05, 3.63) is 35.3 Å². The van der Waals surface area contributed by atoms with Gasteiger partial charge in [0.1, 0.15) is 11.3 Å². The Hall–Kier alpha value is -1.91. The predicted octanol–water partition coefficient (Wildman–Crippen LogP) is 2.30. The molecule has 88 valence electrons. The number of carboxylic acids is 1. The van der Waals surface area contributed by atoms with Gasteiger partial charge in [0.25, 0.3) is 0 Å². The van der Waals surface area contributed by atoms with Crippen molar-refractivity contribution in [2.75, 3.05) is 0 Å². The molecule has 0 aromatic carbocycles. The van der Waals surface area contributed by atoms with Gasteiger partial charge in [0, 0.05) is 18.0 Å². The molecule has 4 nitrogen and oxygen atoms in total. The summed E-state index contributed by atoms with van der Waals surface area (Å²) in [6, 6.07) is 1.40. The second kappa shape index (κ2) is 3.06. The molecule has 1 saturated carbocycles. The smallest absolute Gasteiger partial charge is 0.337 e. The third kappa shape index (κ3) is 1.50. The fourth-order valence-corrected chi connectivity index (χ4v) is 2.05. The predicted molar refractivity (Wildman–Crippen MR) is 58.9 cm³/mol. The molecule has 1 aliphatic carbocycles. The van der Waals surface area contributed by atoms with E-state index in [0.29, 0.717) is 24.1 Å². The van der Waals surface area contributed by atoms with E-state index in [4.69, 9.17) is 5.11 Å². The number of hydrogen-bond acceptors (Lipinski definition) is 2. The van der Waals surface area contributed by atoms with Crippen molar-refractivity contribution in [2.45, 2.75) is 25.4 Å². The lowest BCUT2D eigenvalue weighted by Gasteiger charge is -2.08. The molecule has 0 saturated heterocycles. The van der Waals surface area contributed by atoms with Gasteiger partial charge in [0.15, 0.2) is 0 Å². The van der Waals surface area contributed by atoms with Crippen LogP contribution in [0.2, 0.25) is 0 Å². The van der Waals surface area contributed by atoms with Gasteiger partial charge in [0.05, 0.1) is 11.3 Å². The molecule has 2 aromatic rings. The van der Waals surface area contributed by atoms with E-state index in [-0.39, 0.29) is 5.56 Å². The summed E-state index contributed by atoms with van der Waals surface area (Å²) in [6.07, 6.45) is 4.05. The minimum Gasteiger partial charge on any atom is -0.478 e. The lowest BCUT2D eigenvalue weighted by molar-refractivity contribution is 0.0696. The van der Waals surface area contributed by atoms with E-state index < -0.39 is 11.6 Å². The van der Waals surface area contributed by atoms with Crippen LogP contribution in [0.1, 0.15) is 34.5 Å². The Morgan fingerprint density at radius 3 is 2.82 bits per heavy atom. The quantitative estimate of drug-likeness (QED) is 0.867. The van der Waals surface area contributed by atoms with Crippen molar-refractivity contribution in [1.29, 1.82) is 0 Å². The summed E-state index contributed by atoms with van der Waals surface area (Å²) in [5.41, 5.74) is 0.370. The highest BCUT2D eigenvalue weighted by Gasteiger charge is 2.47. The fraction of sp³-hybridized carbons (Fsp3) is 0.333. The van der Waals surface area contributed by atoms with Gasteiger partial charge >= 0.3 is 5.97 Å². The zero-order valence-electron chi connectivity index (χ0n) is 9.27. The van der Waals surface area contributed by atoms with Crippen LogP contribution in [0.5, 0.6) is 0 Å². The molecule has 0 amide bonds. The van der Waals surface area contributed by atoms with Crippen molar-refractivity contribution in [1.82, 2.24) is 9.38 Å². The normalized spacial score (nSPS) is 17.3. The fourth-order valence-electron chi connectivity index (χ4n) is 2.05. The van der Waals surface area contributed by atoms with Gasteiger partial charge in [-0.3, -0.25) is 0 Å². The Balaban J connectivity index is 2.33. The van der Waals surface area contributed by atoms with Crippen molar-refractivity contribution >= 4 is 11.6 Å². The van der Waals surface area contributed by atoms with Crippen LogP contribution < -0.4 is 0 Å². The molecule has 3 rings (SSSR count). The maximum atomic E-state index is 14.2. The maximum absolute atomic E-state index is 14.2. The summed E-state index contributed by atoms with van der Waals surface area (Å²) < 4.78 is 15.8. The average Bonchev–Trinajstić information content (AvgIpc) is 2.89. The largest absolute Gasteiger partial charge is 0.478 e.